The maximum Gasteiger partial charge on any atom is 0.0710 e. The molecule has 0 radical (unpaired) electrons. The molecular formula is C18H38O. The standard InChI is InChI=1S/C18H38O/c1-9-15(7)17(11-3,12-4)19-18(13-5,14-6)16(8)10-2/h15-16H,9-14H2,1-8H3. The predicted molar refractivity (Wildman–Crippen MR) is 86.6 cm³/mol. The molecular weight excluding hydrogens is 232 g/mol. The molecule has 1 heteroatoms. The van der Waals surface area contributed by atoms with Crippen molar-refractivity contribution in [3.63, 3.8) is 0 Å². The van der Waals surface area contributed by atoms with E-state index in [4.69, 9.17) is 4.74 Å². The van der Waals surface area contributed by atoms with Crippen LogP contribution in [0.3, 0.4) is 0 Å². The molecule has 0 aromatic rings. The molecule has 2 unspecified atom stereocenters. The summed E-state index contributed by atoms with van der Waals surface area (Å²) in [5.41, 5.74) is 0.119. The molecule has 0 amide bonds. The van der Waals surface area contributed by atoms with E-state index >= 15 is 0 Å². The first kappa shape index (κ1) is 19.0. The van der Waals surface area contributed by atoms with Gasteiger partial charge in [0.25, 0.3) is 0 Å². The van der Waals surface area contributed by atoms with Crippen LogP contribution >= 0.6 is 0 Å². The van der Waals surface area contributed by atoms with Crippen molar-refractivity contribution in [2.75, 3.05) is 0 Å². The van der Waals surface area contributed by atoms with E-state index in [-0.39, 0.29) is 11.2 Å². The largest absolute Gasteiger partial charge is 0.368 e. The minimum Gasteiger partial charge on any atom is -0.368 e. The fraction of sp³-hybridized carbons (Fsp3) is 1.00. The van der Waals surface area contributed by atoms with E-state index in [1.54, 1.807) is 0 Å². The van der Waals surface area contributed by atoms with Crippen molar-refractivity contribution in [1.29, 1.82) is 0 Å². The second-order valence-corrected chi connectivity index (χ2v) is 6.26. The highest BCUT2D eigenvalue weighted by atomic mass is 16.5. The van der Waals surface area contributed by atoms with Crippen molar-refractivity contribution in [1.82, 2.24) is 0 Å². The quantitative estimate of drug-likeness (QED) is 0.458. The SMILES string of the molecule is CCC(C)C(CC)(CC)OC(CC)(CC)C(C)CC. The van der Waals surface area contributed by atoms with Gasteiger partial charge in [-0.3, -0.25) is 0 Å². The van der Waals surface area contributed by atoms with Crippen LogP contribution in [0.1, 0.15) is 93.9 Å². The Morgan fingerprint density at radius 2 is 0.895 bits per heavy atom. The summed E-state index contributed by atoms with van der Waals surface area (Å²) in [5.74, 6) is 1.26. The van der Waals surface area contributed by atoms with Gasteiger partial charge < -0.3 is 4.74 Å². The first-order chi connectivity index (χ1) is 8.91. The van der Waals surface area contributed by atoms with Crippen LogP contribution in [0.2, 0.25) is 0 Å². The molecule has 0 aliphatic rings. The Balaban J connectivity index is 5.37. The van der Waals surface area contributed by atoms with Crippen molar-refractivity contribution >= 4 is 0 Å². The Labute approximate surface area is 122 Å². The number of rotatable bonds is 10. The minimum atomic E-state index is 0.0597. The molecule has 2 atom stereocenters. The van der Waals surface area contributed by atoms with Crippen molar-refractivity contribution < 1.29 is 4.74 Å². The van der Waals surface area contributed by atoms with Crippen LogP contribution in [0.4, 0.5) is 0 Å². The first-order valence-corrected chi connectivity index (χ1v) is 8.61. The lowest BCUT2D eigenvalue weighted by atomic mass is 9.77. The molecule has 0 fully saturated rings. The smallest absolute Gasteiger partial charge is 0.0710 e. The van der Waals surface area contributed by atoms with Gasteiger partial charge in [0.2, 0.25) is 0 Å². The molecule has 116 valence electrons. The third-order valence-corrected chi connectivity index (χ3v) is 5.82. The maximum absolute atomic E-state index is 6.93. The lowest BCUT2D eigenvalue weighted by molar-refractivity contribution is -0.208. The third-order valence-electron chi connectivity index (χ3n) is 5.82. The summed E-state index contributed by atoms with van der Waals surface area (Å²) < 4.78 is 6.93. The Hall–Kier alpha value is -0.0400. The first-order valence-electron chi connectivity index (χ1n) is 8.61. The van der Waals surface area contributed by atoms with E-state index in [2.05, 4.69) is 55.4 Å². The highest BCUT2D eigenvalue weighted by Gasteiger charge is 2.43. The van der Waals surface area contributed by atoms with Crippen LogP contribution < -0.4 is 0 Å². The van der Waals surface area contributed by atoms with E-state index in [0.717, 1.165) is 25.7 Å². The topological polar surface area (TPSA) is 9.23 Å². The summed E-state index contributed by atoms with van der Waals surface area (Å²) in [6.07, 6.45) is 6.89. The average Bonchev–Trinajstić information content (AvgIpc) is 2.48. The van der Waals surface area contributed by atoms with E-state index in [0.29, 0.717) is 11.8 Å². The van der Waals surface area contributed by atoms with Crippen molar-refractivity contribution in [3.05, 3.63) is 0 Å². The van der Waals surface area contributed by atoms with Gasteiger partial charge in [-0.1, -0.05) is 68.2 Å². The van der Waals surface area contributed by atoms with Gasteiger partial charge in [0, 0.05) is 0 Å². The van der Waals surface area contributed by atoms with Gasteiger partial charge in [0.05, 0.1) is 11.2 Å². The summed E-state index contributed by atoms with van der Waals surface area (Å²) in [6.45, 7) is 18.5. The van der Waals surface area contributed by atoms with Crippen LogP contribution in [-0.2, 0) is 4.74 Å². The molecule has 0 aromatic heterocycles. The summed E-state index contributed by atoms with van der Waals surface area (Å²) >= 11 is 0. The van der Waals surface area contributed by atoms with Crippen LogP contribution in [0.5, 0.6) is 0 Å². The van der Waals surface area contributed by atoms with Crippen LogP contribution in [0.15, 0.2) is 0 Å². The molecule has 0 saturated heterocycles. The van der Waals surface area contributed by atoms with E-state index in [9.17, 15) is 0 Å². The third kappa shape index (κ3) is 3.97. The number of hydrogen-bond acceptors (Lipinski definition) is 1. The van der Waals surface area contributed by atoms with E-state index in [1.807, 2.05) is 0 Å². The second-order valence-electron chi connectivity index (χ2n) is 6.26. The maximum atomic E-state index is 6.93. The monoisotopic (exact) mass is 270 g/mol. The van der Waals surface area contributed by atoms with Gasteiger partial charge >= 0.3 is 0 Å². The van der Waals surface area contributed by atoms with E-state index < -0.39 is 0 Å². The molecule has 0 aliphatic heterocycles. The lowest BCUT2D eigenvalue weighted by Gasteiger charge is -2.49. The average molecular weight is 271 g/mol. The van der Waals surface area contributed by atoms with Crippen molar-refractivity contribution in [2.24, 2.45) is 11.8 Å². The second kappa shape index (κ2) is 8.29. The van der Waals surface area contributed by atoms with Crippen LogP contribution in [0, 0.1) is 11.8 Å². The van der Waals surface area contributed by atoms with Crippen molar-refractivity contribution in [3.8, 4) is 0 Å². The summed E-state index contributed by atoms with van der Waals surface area (Å²) in [5, 5.41) is 0. The molecule has 0 heterocycles. The fourth-order valence-electron chi connectivity index (χ4n) is 3.53. The van der Waals surface area contributed by atoms with Gasteiger partial charge in [-0.05, 0) is 37.5 Å². The molecule has 0 N–H and O–H groups in total. The minimum absolute atomic E-state index is 0.0597. The summed E-state index contributed by atoms with van der Waals surface area (Å²) in [4.78, 5) is 0. The van der Waals surface area contributed by atoms with Crippen molar-refractivity contribution in [2.45, 2.75) is 105 Å². The normalized spacial score (nSPS) is 16.4. The highest BCUT2D eigenvalue weighted by Crippen LogP contribution is 2.42. The van der Waals surface area contributed by atoms with E-state index in [1.165, 1.54) is 12.8 Å². The molecule has 1 nitrogen and oxygen atoms in total. The molecule has 0 aromatic carbocycles. The molecule has 0 aliphatic carbocycles. The Kier molecular flexibility index (Phi) is 8.27. The molecule has 0 spiro atoms. The van der Waals surface area contributed by atoms with Crippen LogP contribution in [-0.4, -0.2) is 11.2 Å². The number of hydrogen-bond donors (Lipinski definition) is 0. The highest BCUT2D eigenvalue weighted by molar-refractivity contribution is 4.92. The Morgan fingerprint density at radius 3 is 1.05 bits per heavy atom. The molecule has 0 rings (SSSR count). The fourth-order valence-corrected chi connectivity index (χ4v) is 3.53. The number of ether oxygens (including phenoxy) is 1. The van der Waals surface area contributed by atoms with Gasteiger partial charge in [-0.2, -0.15) is 0 Å². The Bertz CT molecular complexity index is 202. The summed E-state index contributed by atoms with van der Waals surface area (Å²) in [7, 11) is 0. The van der Waals surface area contributed by atoms with Crippen LogP contribution in [0.25, 0.3) is 0 Å². The molecule has 0 bridgehead atoms. The zero-order valence-electron chi connectivity index (χ0n) is 14.8. The molecule has 0 saturated carbocycles. The lowest BCUT2D eigenvalue weighted by Crippen LogP contribution is -2.50. The zero-order valence-corrected chi connectivity index (χ0v) is 14.8. The zero-order chi connectivity index (χ0) is 15.1. The Morgan fingerprint density at radius 1 is 0.632 bits per heavy atom. The molecule has 19 heavy (non-hydrogen) atoms. The van der Waals surface area contributed by atoms with Gasteiger partial charge in [0.1, 0.15) is 0 Å². The van der Waals surface area contributed by atoms with Gasteiger partial charge in [-0.15, -0.1) is 0 Å². The van der Waals surface area contributed by atoms with Gasteiger partial charge in [0.15, 0.2) is 0 Å². The van der Waals surface area contributed by atoms with Gasteiger partial charge in [-0.25, -0.2) is 0 Å². The summed E-state index contributed by atoms with van der Waals surface area (Å²) in [6, 6.07) is 0. The predicted octanol–water partition coefficient (Wildman–Crippen LogP) is 6.21.